The van der Waals surface area contributed by atoms with Crippen molar-refractivity contribution in [2.45, 2.75) is 123 Å². The SMILES string of the molecule is Cc1ncsc1-c1ccc([C@@H]2NC(=O)[C@@H]3C[C@@H](O)CN3C(=O)[C@H](C(C)(C)C)NC(=O)CCCCCNC(=O)[C@@H](CNC(=O)C[C@@H]3N=C(c4ccc(Cl)cc4)c4c(sc(C)c4C)-n4c(C)nnc43)NC(=O)CNC2=O)cc1. The van der Waals surface area contributed by atoms with Crippen molar-refractivity contribution in [3.8, 4) is 15.4 Å². The minimum absolute atomic E-state index is 0.0682. The van der Waals surface area contributed by atoms with E-state index < -0.39 is 83.7 Å². The zero-order valence-electron chi connectivity index (χ0n) is 43.4. The molecule has 2 fully saturated rings. The van der Waals surface area contributed by atoms with E-state index in [1.165, 1.54) is 16.2 Å². The monoisotopic (exact) mass is 1090 g/mol. The number of carbonyl (C=O) groups excluding carboxylic acids is 7. The van der Waals surface area contributed by atoms with E-state index in [0.717, 1.165) is 42.7 Å². The summed E-state index contributed by atoms with van der Waals surface area (Å²) in [7, 11) is 0. The smallest absolute Gasteiger partial charge is 0.247 e. The van der Waals surface area contributed by atoms with Crippen LogP contribution in [0.1, 0.15) is 116 Å². The van der Waals surface area contributed by atoms with E-state index in [-0.39, 0.29) is 44.8 Å². The van der Waals surface area contributed by atoms with Crippen LogP contribution in [0.25, 0.3) is 15.4 Å². The maximum Gasteiger partial charge on any atom is 0.247 e. The molecule has 0 saturated carbocycles. The summed E-state index contributed by atoms with van der Waals surface area (Å²) in [5.74, 6) is -3.30. The summed E-state index contributed by atoms with van der Waals surface area (Å²) in [5.41, 5.74) is 6.25. The van der Waals surface area contributed by atoms with E-state index in [4.69, 9.17) is 16.6 Å². The van der Waals surface area contributed by atoms with Gasteiger partial charge in [-0.1, -0.05) is 75.2 Å². The van der Waals surface area contributed by atoms with Crippen molar-refractivity contribution < 1.29 is 38.7 Å². The molecule has 6 heterocycles. The first-order chi connectivity index (χ1) is 36.2. The van der Waals surface area contributed by atoms with E-state index in [1.807, 2.05) is 44.4 Å². The van der Waals surface area contributed by atoms with Gasteiger partial charge < -0.3 is 41.9 Å². The average molecular weight is 1100 g/mol. The number of aromatic nitrogens is 4. The molecule has 6 atom stereocenters. The van der Waals surface area contributed by atoms with Gasteiger partial charge in [-0.3, -0.25) is 43.1 Å². The number of thiazole rings is 1. The lowest BCUT2D eigenvalue weighted by atomic mass is 9.85. The van der Waals surface area contributed by atoms with Gasteiger partial charge in [0, 0.05) is 53.5 Å². The van der Waals surface area contributed by atoms with Crippen molar-refractivity contribution >= 4 is 81.3 Å². The second-order valence-electron chi connectivity index (χ2n) is 20.4. The van der Waals surface area contributed by atoms with Gasteiger partial charge in [0.15, 0.2) is 5.82 Å². The largest absolute Gasteiger partial charge is 0.391 e. The Morgan fingerprint density at radius 2 is 1.58 bits per heavy atom. The maximum absolute atomic E-state index is 14.3. The molecule has 0 spiro atoms. The molecule has 0 bridgehead atoms. The Hall–Kier alpha value is -6.88. The second-order valence-corrected chi connectivity index (χ2v) is 22.9. The molecular formula is C53H63ClN12O8S2. The van der Waals surface area contributed by atoms with Crippen LogP contribution in [0.4, 0.5) is 0 Å². The maximum atomic E-state index is 14.3. The number of benzene rings is 2. The molecule has 5 aromatic rings. The summed E-state index contributed by atoms with van der Waals surface area (Å²) >= 11 is 9.31. The Morgan fingerprint density at radius 3 is 2.28 bits per heavy atom. The van der Waals surface area contributed by atoms with Crippen LogP contribution in [0.15, 0.2) is 59.0 Å². The fourth-order valence-corrected chi connectivity index (χ4v) is 11.7. The Bertz CT molecular complexity index is 3050. The number of hydrogen-bond donors (Lipinski definition) is 7. The van der Waals surface area contributed by atoms with Gasteiger partial charge in [-0.05, 0) is 74.8 Å². The molecule has 0 radical (unpaired) electrons. The highest BCUT2D eigenvalue weighted by Gasteiger charge is 2.45. The molecule has 7 amide bonds. The molecule has 2 aromatic carbocycles. The number of amides is 7. The molecule has 76 heavy (non-hydrogen) atoms. The van der Waals surface area contributed by atoms with Gasteiger partial charge >= 0.3 is 0 Å². The molecule has 3 aliphatic rings. The third-order valence-corrected chi connectivity index (χ3v) is 16.2. The second kappa shape index (κ2) is 23.6. The predicted molar refractivity (Wildman–Crippen MR) is 288 cm³/mol. The standard InChI is InChI=1S/C53H63ClN12O8S2/c1-27-29(3)76-52-42(27)43(31-16-18-34(54)19-17-31)60-36(47-64-63-30(4)66(47)52)22-40(69)56-23-37-48(71)55-20-10-8-9-11-39(68)61-46(53(5,6)7)51(74)65-25-35(67)21-38(65)49(72)62-44(50(73)57-24-41(70)59-37)32-12-14-33(15-13-32)45-28(2)58-26-75-45/h12-19,26,35-38,44,46,67H,8-11,20-25H2,1-7H3,(H,55,71)(H,56,69)(H,57,73)(H,59,70)(H,61,68)(H,62,72)/t35-,36+,37-,38+,44+,46-/m1/s1. The highest BCUT2D eigenvalue weighted by atomic mass is 35.5. The van der Waals surface area contributed by atoms with Gasteiger partial charge in [0.25, 0.3) is 0 Å². The number of aliphatic hydroxyl groups excluding tert-OH is 1. The Morgan fingerprint density at radius 1 is 0.855 bits per heavy atom. The summed E-state index contributed by atoms with van der Waals surface area (Å²) < 4.78 is 1.92. The van der Waals surface area contributed by atoms with Crippen molar-refractivity contribution in [1.29, 1.82) is 0 Å². The number of nitrogens with one attached hydrogen (secondary N) is 6. The highest BCUT2D eigenvalue weighted by Crippen LogP contribution is 2.40. The highest BCUT2D eigenvalue weighted by molar-refractivity contribution is 7.15. The zero-order chi connectivity index (χ0) is 54.6. The third kappa shape index (κ3) is 12.5. The lowest BCUT2D eigenvalue weighted by Crippen LogP contribution is -2.58. The summed E-state index contributed by atoms with van der Waals surface area (Å²) in [4.78, 5) is 111. The number of fused-ring (bicyclic) bond motifs is 4. The van der Waals surface area contributed by atoms with Crippen molar-refractivity contribution in [2.75, 3.05) is 26.2 Å². The van der Waals surface area contributed by atoms with Crippen LogP contribution in [0.3, 0.4) is 0 Å². The lowest BCUT2D eigenvalue weighted by Gasteiger charge is -2.35. The van der Waals surface area contributed by atoms with Gasteiger partial charge in [-0.25, -0.2) is 4.98 Å². The fourth-order valence-electron chi connectivity index (χ4n) is 9.54. The van der Waals surface area contributed by atoms with Crippen LogP contribution < -0.4 is 31.9 Å². The Labute approximate surface area is 453 Å². The molecule has 402 valence electrons. The van der Waals surface area contributed by atoms with Gasteiger partial charge in [0.05, 0.1) is 40.9 Å². The van der Waals surface area contributed by atoms with Crippen molar-refractivity contribution in [2.24, 2.45) is 10.4 Å². The van der Waals surface area contributed by atoms with Crippen molar-refractivity contribution in [3.05, 3.63) is 104 Å². The number of carbonyl (C=O) groups is 7. The van der Waals surface area contributed by atoms with Crippen molar-refractivity contribution in [3.63, 3.8) is 0 Å². The van der Waals surface area contributed by atoms with Crippen molar-refractivity contribution in [1.82, 2.24) is 56.5 Å². The number of aliphatic hydroxyl groups is 1. The van der Waals surface area contributed by atoms with Gasteiger partial charge in [0.2, 0.25) is 41.4 Å². The average Bonchev–Trinajstić information content (AvgIpc) is 4.18. The normalized spacial score (nSPS) is 22.5. The number of rotatable bonds is 7. The van der Waals surface area contributed by atoms with Gasteiger partial charge in [-0.15, -0.1) is 32.9 Å². The van der Waals surface area contributed by atoms with Crippen LogP contribution in [0, 0.1) is 33.1 Å². The molecule has 23 heteroatoms. The van der Waals surface area contributed by atoms with Gasteiger partial charge in [0.1, 0.15) is 41.0 Å². The summed E-state index contributed by atoms with van der Waals surface area (Å²) in [6, 6.07) is 8.38. The minimum atomic E-state index is -1.40. The van der Waals surface area contributed by atoms with Crippen LogP contribution in [0.2, 0.25) is 5.02 Å². The number of aryl methyl sites for hydroxylation is 3. The number of aliphatic imine (C=N–C) groups is 1. The lowest BCUT2D eigenvalue weighted by molar-refractivity contribution is -0.144. The molecule has 0 aliphatic carbocycles. The number of nitrogens with zero attached hydrogens (tertiary/aromatic N) is 6. The molecule has 3 aromatic heterocycles. The minimum Gasteiger partial charge on any atom is -0.391 e. The van der Waals surface area contributed by atoms with Crippen LogP contribution in [0.5, 0.6) is 0 Å². The molecule has 8 rings (SSSR count). The zero-order valence-corrected chi connectivity index (χ0v) is 45.8. The summed E-state index contributed by atoms with van der Waals surface area (Å²) in [5, 5.41) is 37.7. The molecule has 0 unspecified atom stereocenters. The fraction of sp³-hybridized carbons (Fsp3) is 0.453. The van der Waals surface area contributed by atoms with Crippen LogP contribution in [-0.2, 0) is 33.6 Å². The summed E-state index contributed by atoms with van der Waals surface area (Å²) in [6.07, 6.45) is 0.0757. The topological polar surface area (TPSA) is 271 Å². The third-order valence-electron chi connectivity index (χ3n) is 13.8. The predicted octanol–water partition coefficient (Wildman–Crippen LogP) is 4.38. The quantitative estimate of drug-likeness (QED) is 0.120. The van der Waals surface area contributed by atoms with E-state index in [9.17, 15) is 38.7 Å². The van der Waals surface area contributed by atoms with E-state index in [1.54, 1.807) is 74.0 Å². The number of thiophene rings is 1. The molecule has 2 saturated heterocycles. The molecular weight excluding hydrogens is 1030 g/mol. The van der Waals surface area contributed by atoms with Crippen LogP contribution in [-0.4, -0.2) is 127 Å². The van der Waals surface area contributed by atoms with E-state index >= 15 is 0 Å². The van der Waals surface area contributed by atoms with E-state index in [2.05, 4.69) is 47.1 Å². The molecule has 20 nitrogen and oxygen atoms in total. The van der Waals surface area contributed by atoms with Crippen LogP contribution >= 0.6 is 34.3 Å². The molecule has 7 N–H and O–H groups in total. The number of hydrogen-bond acceptors (Lipinski definition) is 14. The first-order valence-corrected chi connectivity index (χ1v) is 27.3. The first-order valence-electron chi connectivity index (χ1n) is 25.2. The summed E-state index contributed by atoms with van der Waals surface area (Å²) in [6.45, 7) is 12.1. The Kier molecular flexibility index (Phi) is 17.2. The Balaban J connectivity index is 1.04. The first kappa shape index (κ1) is 55.4. The molecule has 3 aliphatic heterocycles. The van der Waals surface area contributed by atoms with Gasteiger partial charge in [-0.2, -0.15) is 0 Å². The number of halogens is 1. The van der Waals surface area contributed by atoms with E-state index in [0.29, 0.717) is 47.2 Å².